The maximum atomic E-state index is 8.88. The summed E-state index contributed by atoms with van der Waals surface area (Å²) in [6.45, 7) is 0. The molecule has 13 heavy (non-hydrogen) atoms. The molecule has 13 heteroatoms. The van der Waals surface area contributed by atoms with Gasteiger partial charge in [0, 0.05) is 0 Å². The van der Waals surface area contributed by atoms with E-state index in [0.29, 0.717) is 0 Å². The molecule has 0 fully saturated rings. The van der Waals surface area contributed by atoms with E-state index < -0.39 is 18.2 Å². The fraction of sp³-hybridized carbons (Fsp3) is 0. The van der Waals surface area contributed by atoms with E-state index in [-0.39, 0.29) is 158 Å². The van der Waals surface area contributed by atoms with Gasteiger partial charge in [0.2, 0.25) is 0 Å². The van der Waals surface area contributed by atoms with E-state index >= 15 is 0 Å². The Balaban J connectivity index is -0.00000000970. The molecule has 0 saturated carbocycles. The van der Waals surface area contributed by atoms with Crippen molar-refractivity contribution < 1.29 is 195 Å². The molecule has 0 aliphatic heterocycles. The number of rotatable bonds is 0. The summed E-state index contributed by atoms with van der Waals surface area (Å²) in [6.07, 6.45) is 0. The predicted molar refractivity (Wildman–Crippen MR) is 31.8 cm³/mol. The molecule has 8 nitrogen and oxygen atoms in total. The van der Waals surface area contributed by atoms with Crippen molar-refractivity contribution >= 4 is 18.2 Å². The average Bonchev–Trinajstić information content (AvgIpc) is 1.12. The number of phosphoric acid groups is 1. The molecule has 0 aromatic carbocycles. The van der Waals surface area contributed by atoms with Gasteiger partial charge in [0.15, 0.2) is 0 Å². The Morgan fingerprint density at radius 1 is 0.923 bits per heavy atom. The molecular formula is H8K3O8PS. The summed E-state index contributed by atoms with van der Waals surface area (Å²) >= 11 is 0. The number of hydrogen-bond acceptors (Lipinski definition) is 3. The molecule has 0 aromatic rings. The third-order valence-corrected chi connectivity index (χ3v) is 0. The molecule has 0 unspecified atom stereocenters. The van der Waals surface area contributed by atoms with Crippen LogP contribution in [0.25, 0.3) is 0 Å². The first kappa shape index (κ1) is 30.7. The Kier molecular flexibility index (Phi) is 35.3. The minimum Gasteiger partial charge on any atom is -1.00 e. The van der Waals surface area contributed by atoms with Gasteiger partial charge in [-0.3, -0.25) is 9.11 Å². The average molecular weight is 316 g/mol. The van der Waals surface area contributed by atoms with Crippen molar-refractivity contribution in [3.05, 3.63) is 0 Å². The van der Waals surface area contributed by atoms with E-state index in [1.165, 1.54) is 0 Å². The Morgan fingerprint density at radius 2 is 0.923 bits per heavy atom. The fourth-order valence-electron chi connectivity index (χ4n) is 0. The molecule has 0 aliphatic rings. The Labute approximate surface area is 207 Å². The first-order chi connectivity index (χ1) is 4.00. The van der Waals surface area contributed by atoms with Crippen molar-refractivity contribution in [1.82, 2.24) is 0 Å². The van der Waals surface area contributed by atoms with Crippen LogP contribution in [0.2, 0.25) is 0 Å². The van der Waals surface area contributed by atoms with E-state index in [0.717, 1.165) is 0 Å². The Bertz CT molecular complexity index is 208. The van der Waals surface area contributed by atoms with Crippen molar-refractivity contribution in [2.45, 2.75) is 0 Å². The van der Waals surface area contributed by atoms with Gasteiger partial charge >= 0.3 is 172 Å². The monoisotopic (exact) mass is 316 g/mol. The van der Waals surface area contributed by atoms with Gasteiger partial charge in [0.1, 0.15) is 0 Å². The molecule has 0 aromatic heterocycles. The van der Waals surface area contributed by atoms with Gasteiger partial charge in [-0.05, 0) is 0 Å². The fourth-order valence-corrected chi connectivity index (χ4v) is 0. The van der Waals surface area contributed by atoms with Crippen LogP contribution in [-0.2, 0) is 15.0 Å². The van der Waals surface area contributed by atoms with Gasteiger partial charge < -0.3 is 19.0 Å². The summed E-state index contributed by atoms with van der Waals surface area (Å²) in [5, 5.41) is 0. The topological polar surface area (TPSA) is 152 Å². The molecule has 0 spiro atoms. The SMILES string of the molecule is O=P(O)(O)O.O=S(=O)(O)O.[H-].[H-].[H-].[K+].[K+].[K+]. The Morgan fingerprint density at radius 3 is 0.923 bits per heavy atom. The maximum absolute atomic E-state index is 8.88. The predicted octanol–water partition coefficient (Wildman–Crippen LogP) is -10.2. The first-order valence-electron chi connectivity index (χ1n) is 1.48. The van der Waals surface area contributed by atoms with Gasteiger partial charge in [-0.2, -0.15) is 8.42 Å². The molecular weight excluding hydrogens is 308 g/mol. The maximum Gasteiger partial charge on any atom is 1.00 e. The molecule has 0 amide bonds. The van der Waals surface area contributed by atoms with E-state index in [1.807, 2.05) is 0 Å². The summed E-state index contributed by atoms with van der Waals surface area (Å²) in [5.41, 5.74) is 0. The van der Waals surface area contributed by atoms with Crippen LogP contribution in [0.4, 0.5) is 0 Å². The van der Waals surface area contributed by atoms with Gasteiger partial charge in [-0.15, -0.1) is 0 Å². The summed E-state index contributed by atoms with van der Waals surface area (Å²) < 4.78 is 40.5. The van der Waals surface area contributed by atoms with Crippen molar-refractivity contribution in [2.75, 3.05) is 0 Å². The zero-order valence-corrected chi connectivity index (χ0v) is 18.4. The van der Waals surface area contributed by atoms with Crippen LogP contribution in [-0.4, -0.2) is 32.2 Å². The molecule has 0 saturated heterocycles. The van der Waals surface area contributed by atoms with E-state index in [4.69, 9.17) is 36.8 Å². The third-order valence-electron chi connectivity index (χ3n) is 0. The number of hydrogen-bond donors (Lipinski definition) is 5. The van der Waals surface area contributed by atoms with E-state index in [2.05, 4.69) is 0 Å². The van der Waals surface area contributed by atoms with E-state index in [1.54, 1.807) is 0 Å². The summed E-state index contributed by atoms with van der Waals surface area (Å²) in [7, 11) is -9.31. The van der Waals surface area contributed by atoms with Crippen molar-refractivity contribution in [3.63, 3.8) is 0 Å². The summed E-state index contributed by atoms with van der Waals surface area (Å²) in [6, 6.07) is 0. The quantitative estimate of drug-likeness (QED) is 0.168. The minimum absolute atomic E-state index is 0. The van der Waals surface area contributed by atoms with Gasteiger partial charge in [-0.25, -0.2) is 4.57 Å². The van der Waals surface area contributed by atoms with Crippen LogP contribution in [0.15, 0.2) is 0 Å². The second-order valence-corrected chi connectivity index (χ2v) is 2.88. The smallest absolute Gasteiger partial charge is 1.00 e. The van der Waals surface area contributed by atoms with Crippen LogP contribution in [0.1, 0.15) is 4.28 Å². The van der Waals surface area contributed by atoms with Crippen LogP contribution in [0, 0.1) is 0 Å². The molecule has 70 valence electrons. The van der Waals surface area contributed by atoms with Crippen LogP contribution in [0.3, 0.4) is 0 Å². The molecule has 5 N–H and O–H groups in total. The first-order valence-corrected chi connectivity index (χ1v) is 4.44. The molecule has 0 rings (SSSR count). The zero-order chi connectivity index (χ0) is 9.00. The molecule has 0 radical (unpaired) electrons. The van der Waals surface area contributed by atoms with Crippen molar-refractivity contribution in [3.8, 4) is 0 Å². The van der Waals surface area contributed by atoms with Crippen molar-refractivity contribution in [1.29, 1.82) is 0 Å². The van der Waals surface area contributed by atoms with Gasteiger partial charge in [0.05, 0.1) is 0 Å². The normalized spacial score (nSPS) is 9.00. The molecule has 0 atom stereocenters. The molecule has 0 bridgehead atoms. The Hall–Kier alpha value is 4.89. The zero-order valence-electron chi connectivity index (χ0n) is 10.3. The van der Waals surface area contributed by atoms with E-state index in [9.17, 15) is 0 Å². The standard InChI is InChI=1S/3K.H3O4P.H2O4S.3H/c;;;2*1-5(2,3)4;;;/h;;;(H3,1,2,3,4);(H2,1,2,3,4);;;/q3*+1;;;3*-1. The van der Waals surface area contributed by atoms with Crippen LogP contribution >= 0.6 is 7.82 Å². The largest absolute Gasteiger partial charge is 1.00 e. The van der Waals surface area contributed by atoms with Gasteiger partial charge in [-0.1, -0.05) is 0 Å². The summed E-state index contributed by atoms with van der Waals surface area (Å²) in [4.78, 5) is 21.6. The summed E-state index contributed by atoms with van der Waals surface area (Å²) in [5.74, 6) is 0. The molecule has 0 aliphatic carbocycles. The second-order valence-electron chi connectivity index (χ2n) is 0.961. The van der Waals surface area contributed by atoms with Crippen molar-refractivity contribution in [2.24, 2.45) is 0 Å². The van der Waals surface area contributed by atoms with Crippen LogP contribution in [0.5, 0.6) is 0 Å². The minimum atomic E-state index is -4.67. The van der Waals surface area contributed by atoms with Crippen LogP contribution < -0.4 is 154 Å². The van der Waals surface area contributed by atoms with Gasteiger partial charge in [0.25, 0.3) is 0 Å². The second kappa shape index (κ2) is 14.9. The third kappa shape index (κ3) is 157. The molecule has 0 heterocycles.